The number of hydrogen-bond donors (Lipinski definition) is 0. The Hall–Kier alpha value is 0.210. The molecule has 3 heteroatoms. The lowest BCUT2D eigenvalue weighted by Gasteiger charge is -2.24. The van der Waals surface area contributed by atoms with E-state index in [1.54, 1.807) is 0 Å². The summed E-state index contributed by atoms with van der Waals surface area (Å²) in [4.78, 5) is 2.47. The number of likely N-dealkylation sites (tertiary alicyclic amines) is 1. The Labute approximate surface area is 98.9 Å². The molecular weight excluding hydrogens is 210 g/mol. The summed E-state index contributed by atoms with van der Waals surface area (Å²) in [5, 5.41) is 0. The highest BCUT2D eigenvalue weighted by molar-refractivity contribution is 6.18. The molecule has 0 radical (unpaired) electrons. The number of rotatable bonds is 6. The van der Waals surface area contributed by atoms with Gasteiger partial charge < -0.3 is 4.74 Å². The van der Waals surface area contributed by atoms with Gasteiger partial charge in [0, 0.05) is 25.1 Å². The maximum absolute atomic E-state index is 5.98. The van der Waals surface area contributed by atoms with E-state index in [9.17, 15) is 0 Å². The zero-order valence-corrected chi connectivity index (χ0v) is 11.0. The minimum Gasteiger partial charge on any atom is -0.380 e. The summed E-state index contributed by atoms with van der Waals surface area (Å²) in [5.41, 5.74) is 0. The van der Waals surface area contributed by atoms with Gasteiger partial charge in [0.05, 0.1) is 6.61 Å². The second kappa shape index (κ2) is 6.72. The van der Waals surface area contributed by atoms with Crippen molar-refractivity contribution in [2.75, 3.05) is 32.2 Å². The molecule has 1 heterocycles. The minimum absolute atomic E-state index is 0.564. The van der Waals surface area contributed by atoms with Crippen LogP contribution in [-0.4, -0.2) is 43.1 Å². The third kappa shape index (κ3) is 4.29. The summed E-state index contributed by atoms with van der Waals surface area (Å²) in [5.74, 6) is 2.13. The van der Waals surface area contributed by atoms with Crippen molar-refractivity contribution in [2.45, 2.75) is 33.2 Å². The maximum Gasteiger partial charge on any atom is 0.0593 e. The molecule has 0 aliphatic carbocycles. The Morgan fingerprint density at radius 3 is 2.80 bits per heavy atom. The summed E-state index contributed by atoms with van der Waals surface area (Å²) < 4.78 is 5.60. The van der Waals surface area contributed by atoms with Gasteiger partial charge in [-0.15, -0.1) is 11.6 Å². The van der Waals surface area contributed by atoms with Crippen LogP contribution < -0.4 is 0 Å². The summed E-state index contributed by atoms with van der Waals surface area (Å²) in [6.07, 6.45) is 1.28. The van der Waals surface area contributed by atoms with Crippen molar-refractivity contribution >= 4 is 11.6 Å². The number of halogens is 1. The lowest BCUT2D eigenvalue weighted by Crippen LogP contribution is -2.36. The second-order valence-corrected chi connectivity index (χ2v) is 5.30. The summed E-state index contributed by atoms with van der Waals surface area (Å²) in [6, 6.07) is 0.564. The van der Waals surface area contributed by atoms with E-state index in [0.29, 0.717) is 12.0 Å². The fourth-order valence-electron chi connectivity index (χ4n) is 2.12. The van der Waals surface area contributed by atoms with E-state index in [0.717, 1.165) is 31.6 Å². The number of hydrogen-bond acceptors (Lipinski definition) is 2. The van der Waals surface area contributed by atoms with Crippen LogP contribution in [0.4, 0.5) is 0 Å². The van der Waals surface area contributed by atoms with Crippen LogP contribution in [0, 0.1) is 11.8 Å². The molecule has 1 saturated heterocycles. The molecule has 90 valence electrons. The van der Waals surface area contributed by atoms with Gasteiger partial charge >= 0.3 is 0 Å². The average Bonchev–Trinajstić information content (AvgIpc) is 2.53. The van der Waals surface area contributed by atoms with Gasteiger partial charge in [0.1, 0.15) is 0 Å². The average molecular weight is 234 g/mol. The quantitative estimate of drug-likeness (QED) is 0.517. The van der Waals surface area contributed by atoms with Gasteiger partial charge in [-0.25, -0.2) is 0 Å². The van der Waals surface area contributed by atoms with E-state index < -0.39 is 0 Å². The lowest BCUT2D eigenvalue weighted by molar-refractivity contribution is 0.0822. The highest BCUT2D eigenvalue weighted by Gasteiger charge is 2.29. The molecule has 0 saturated carbocycles. The molecule has 1 rings (SSSR count). The Kier molecular flexibility index (Phi) is 5.95. The molecule has 1 fully saturated rings. The predicted octanol–water partition coefficient (Wildman–Crippen LogP) is 2.61. The molecule has 2 atom stereocenters. The smallest absolute Gasteiger partial charge is 0.0593 e. The summed E-state index contributed by atoms with van der Waals surface area (Å²) >= 11 is 5.98. The highest BCUT2D eigenvalue weighted by Crippen LogP contribution is 2.24. The number of ether oxygens (including phenoxy) is 1. The van der Waals surface area contributed by atoms with Crippen molar-refractivity contribution in [1.82, 2.24) is 4.90 Å². The standard InChI is InChI=1S/C12H24ClNO/c1-10(2)9-15-7-6-14-5-4-11(3)12(14)8-13/h10-12H,4-9H2,1-3H3. The van der Waals surface area contributed by atoms with Crippen LogP contribution in [0.2, 0.25) is 0 Å². The Morgan fingerprint density at radius 2 is 2.20 bits per heavy atom. The van der Waals surface area contributed by atoms with Crippen LogP contribution >= 0.6 is 11.6 Å². The molecule has 15 heavy (non-hydrogen) atoms. The van der Waals surface area contributed by atoms with Gasteiger partial charge in [-0.2, -0.15) is 0 Å². The topological polar surface area (TPSA) is 12.5 Å². The lowest BCUT2D eigenvalue weighted by atomic mass is 10.1. The number of nitrogens with zero attached hydrogens (tertiary/aromatic N) is 1. The van der Waals surface area contributed by atoms with Crippen LogP contribution in [-0.2, 0) is 4.74 Å². The van der Waals surface area contributed by atoms with Crippen molar-refractivity contribution in [2.24, 2.45) is 11.8 Å². The molecule has 2 unspecified atom stereocenters. The summed E-state index contributed by atoms with van der Waals surface area (Å²) in [6.45, 7) is 10.6. The van der Waals surface area contributed by atoms with Gasteiger partial charge in [0.2, 0.25) is 0 Å². The van der Waals surface area contributed by atoms with E-state index in [1.807, 2.05) is 0 Å². The van der Waals surface area contributed by atoms with Gasteiger partial charge in [-0.1, -0.05) is 20.8 Å². The van der Waals surface area contributed by atoms with Crippen molar-refractivity contribution in [3.05, 3.63) is 0 Å². The van der Waals surface area contributed by atoms with Crippen LogP contribution in [0.1, 0.15) is 27.2 Å². The fourth-order valence-corrected chi connectivity index (χ4v) is 2.62. The first kappa shape index (κ1) is 13.3. The van der Waals surface area contributed by atoms with E-state index >= 15 is 0 Å². The van der Waals surface area contributed by atoms with Gasteiger partial charge in [-0.3, -0.25) is 4.90 Å². The Balaban J connectivity index is 2.15. The number of alkyl halides is 1. The molecule has 0 amide bonds. The predicted molar refractivity (Wildman–Crippen MR) is 65.5 cm³/mol. The molecule has 2 nitrogen and oxygen atoms in total. The Bertz CT molecular complexity index is 175. The molecular formula is C12H24ClNO. The van der Waals surface area contributed by atoms with Crippen molar-refractivity contribution in [1.29, 1.82) is 0 Å². The first-order valence-corrected chi connectivity index (χ1v) is 6.56. The molecule has 0 N–H and O–H groups in total. The first-order valence-electron chi connectivity index (χ1n) is 6.03. The van der Waals surface area contributed by atoms with Crippen molar-refractivity contribution < 1.29 is 4.74 Å². The molecule has 0 spiro atoms. The van der Waals surface area contributed by atoms with E-state index in [2.05, 4.69) is 25.7 Å². The minimum atomic E-state index is 0.564. The molecule has 0 bridgehead atoms. The molecule has 0 aromatic rings. The Morgan fingerprint density at radius 1 is 1.47 bits per heavy atom. The molecule has 1 aliphatic heterocycles. The van der Waals surface area contributed by atoms with Gasteiger partial charge in [0.25, 0.3) is 0 Å². The van der Waals surface area contributed by atoms with E-state index in [4.69, 9.17) is 16.3 Å². The first-order chi connectivity index (χ1) is 7.15. The molecule has 0 aromatic heterocycles. The van der Waals surface area contributed by atoms with Gasteiger partial charge in [0.15, 0.2) is 0 Å². The van der Waals surface area contributed by atoms with Crippen LogP contribution in [0.5, 0.6) is 0 Å². The summed E-state index contributed by atoms with van der Waals surface area (Å²) in [7, 11) is 0. The third-order valence-electron chi connectivity index (χ3n) is 3.13. The van der Waals surface area contributed by atoms with Gasteiger partial charge in [-0.05, 0) is 24.8 Å². The highest BCUT2D eigenvalue weighted by atomic mass is 35.5. The normalized spacial score (nSPS) is 27.8. The van der Waals surface area contributed by atoms with Crippen molar-refractivity contribution in [3.63, 3.8) is 0 Å². The zero-order chi connectivity index (χ0) is 11.3. The van der Waals surface area contributed by atoms with Crippen LogP contribution in [0.3, 0.4) is 0 Å². The fraction of sp³-hybridized carbons (Fsp3) is 1.00. The van der Waals surface area contributed by atoms with Crippen molar-refractivity contribution in [3.8, 4) is 0 Å². The molecule has 1 aliphatic rings. The second-order valence-electron chi connectivity index (χ2n) is 4.99. The third-order valence-corrected chi connectivity index (χ3v) is 3.45. The zero-order valence-electron chi connectivity index (χ0n) is 10.2. The SMILES string of the molecule is CC(C)COCCN1CCC(C)C1CCl. The van der Waals surface area contributed by atoms with E-state index in [-0.39, 0.29) is 0 Å². The van der Waals surface area contributed by atoms with Crippen LogP contribution in [0.15, 0.2) is 0 Å². The van der Waals surface area contributed by atoms with Crippen LogP contribution in [0.25, 0.3) is 0 Å². The maximum atomic E-state index is 5.98. The van der Waals surface area contributed by atoms with E-state index in [1.165, 1.54) is 13.0 Å². The monoisotopic (exact) mass is 233 g/mol. The largest absolute Gasteiger partial charge is 0.380 e. The molecule has 0 aromatic carbocycles.